The zero-order valence-corrected chi connectivity index (χ0v) is 14.6. The van der Waals surface area contributed by atoms with Crippen LogP contribution >= 0.6 is 0 Å². The molecule has 0 spiro atoms. The third-order valence-electron chi connectivity index (χ3n) is 6.15. The maximum atomic E-state index is 13.9. The molecule has 3 rings (SSSR count). The Bertz CT molecular complexity index is 578. The fourth-order valence-electron chi connectivity index (χ4n) is 4.66. The monoisotopic (exact) mass is 378 g/mol. The summed E-state index contributed by atoms with van der Waals surface area (Å²) in [5.74, 6) is 1.01. The van der Waals surface area contributed by atoms with Gasteiger partial charge in [-0.05, 0) is 79.9 Å². The Kier molecular flexibility index (Phi) is 6.98. The second kappa shape index (κ2) is 8.62. The summed E-state index contributed by atoms with van der Waals surface area (Å²) in [6, 6.07) is 3.90. The zero-order chi connectivity index (χ0) is 18.0. The lowest BCUT2D eigenvalue weighted by molar-refractivity contribution is -0.275. The quantitative estimate of drug-likeness (QED) is 0.485. The van der Waals surface area contributed by atoms with Gasteiger partial charge in [-0.15, -0.1) is 13.2 Å². The molecule has 1 nitrogen and oxygen atoms in total. The molecule has 2 aliphatic rings. The molecule has 0 atom stereocenters. The Labute approximate surface area is 157 Å². The van der Waals surface area contributed by atoms with E-state index in [1.807, 2.05) is 0 Å². The molecule has 1 aromatic carbocycles. The Morgan fingerprint density at radius 1 is 0.923 bits per heavy atom. The Morgan fingerprint density at radius 2 is 1.46 bits per heavy atom. The van der Waals surface area contributed by atoms with Crippen LogP contribution in [0.15, 0.2) is 18.2 Å². The largest absolute Gasteiger partial charge is 0.573 e. The van der Waals surface area contributed by atoms with Crippen LogP contribution in [0.2, 0.25) is 0 Å². The highest BCUT2D eigenvalue weighted by atomic mass is 19.4. The molecule has 0 aliphatic heterocycles. The molecule has 2 aliphatic carbocycles. The summed E-state index contributed by atoms with van der Waals surface area (Å²) in [4.78, 5) is 0. The highest BCUT2D eigenvalue weighted by Gasteiger charge is 2.33. The van der Waals surface area contributed by atoms with Crippen molar-refractivity contribution in [2.24, 2.45) is 17.8 Å². The minimum Gasteiger partial charge on any atom is -0.403 e. The molecule has 2 saturated carbocycles. The second-order valence-corrected chi connectivity index (χ2v) is 7.87. The molecule has 0 amide bonds. The van der Waals surface area contributed by atoms with Crippen LogP contribution in [0.4, 0.5) is 17.6 Å². The Morgan fingerprint density at radius 3 is 1.96 bits per heavy atom. The van der Waals surface area contributed by atoms with Crippen molar-refractivity contribution in [3.8, 4) is 5.75 Å². The van der Waals surface area contributed by atoms with Gasteiger partial charge in [0.15, 0.2) is 11.6 Å². The van der Waals surface area contributed by atoms with E-state index in [4.69, 9.17) is 0 Å². The van der Waals surface area contributed by atoms with Gasteiger partial charge < -0.3 is 4.74 Å². The predicted molar refractivity (Wildman–Crippen MR) is 99.9 cm³/mol. The Hall–Kier alpha value is -1.26. The van der Waals surface area contributed by atoms with E-state index < -0.39 is 17.9 Å². The minimum absolute atomic E-state index is 0. The molecule has 152 valence electrons. The van der Waals surface area contributed by atoms with Crippen molar-refractivity contribution in [1.29, 1.82) is 0 Å². The first-order chi connectivity index (χ1) is 11.8. The van der Waals surface area contributed by atoms with E-state index in [-0.39, 0.29) is 16.2 Å². The van der Waals surface area contributed by atoms with Crippen molar-refractivity contribution < 1.29 is 25.2 Å². The van der Waals surface area contributed by atoms with Crippen LogP contribution in [0.1, 0.15) is 80.1 Å². The van der Waals surface area contributed by atoms with Gasteiger partial charge in [-0.25, -0.2) is 4.39 Å². The van der Waals surface area contributed by atoms with Gasteiger partial charge in [-0.1, -0.05) is 33.3 Å². The van der Waals surface area contributed by atoms with E-state index in [1.165, 1.54) is 31.7 Å². The van der Waals surface area contributed by atoms with Crippen molar-refractivity contribution in [2.75, 3.05) is 0 Å². The number of rotatable bonds is 3. The molecular formula is C21H34F4O. The lowest BCUT2D eigenvalue weighted by atomic mass is 9.68. The van der Waals surface area contributed by atoms with Crippen LogP contribution in [0.5, 0.6) is 5.75 Å². The molecule has 0 aromatic heterocycles. The van der Waals surface area contributed by atoms with E-state index in [2.05, 4.69) is 11.7 Å². The second-order valence-electron chi connectivity index (χ2n) is 7.87. The summed E-state index contributed by atoms with van der Waals surface area (Å²) < 4.78 is 54.3. The summed E-state index contributed by atoms with van der Waals surface area (Å²) in [5.41, 5.74) is 0.794. The van der Waals surface area contributed by atoms with E-state index in [9.17, 15) is 17.6 Å². The first-order valence-corrected chi connectivity index (χ1v) is 9.37. The zero-order valence-electron chi connectivity index (χ0n) is 14.6. The summed E-state index contributed by atoms with van der Waals surface area (Å²) in [6.45, 7) is 2.33. The molecule has 0 bridgehead atoms. The number of ether oxygens (including phenoxy) is 1. The first kappa shape index (κ1) is 21.0. The van der Waals surface area contributed by atoms with Crippen LogP contribution in [0.3, 0.4) is 0 Å². The molecule has 0 radical (unpaired) electrons. The topological polar surface area (TPSA) is 9.23 Å². The number of benzene rings is 1. The van der Waals surface area contributed by atoms with Gasteiger partial charge in [-0.2, -0.15) is 0 Å². The van der Waals surface area contributed by atoms with E-state index in [1.54, 1.807) is 6.07 Å². The van der Waals surface area contributed by atoms with Gasteiger partial charge in [0.1, 0.15) is 0 Å². The fourth-order valence-corrected chi connectivity index (χ4v) is 4.66. The summed E-state index contributed by atoms with van der Waals surface area (Å²) >= 11 is 0. The predicted octanol–water partition coefficient (Wildman–Crippen LogP) is 7.95. The highest BCUT2D eigenvalue weighted by Crippen LogP contribution is 2.44. The highest BCUT2D eigenvalue weighted by molar-refractivity contribution is 5.31. The smallest absolute Gasteiger partial charge is 0.403 e. The van der Waals surface area contributed by atoms with Crippen LogP contribution in [-0.2, 0) is 0 Å². The number of alkyl halides is 3. The van der Waals surface area contributed by atoms with E-state index in [0.717, 1.165) is 55.1 Å². The van der Waals surface area contributed by atoms with Gasteiger partial charge >= 0.3 is 6.36 Å². The lowest BCUT2D eigenvalue weighted by Gasteiger charge is -2.37. The van der Waals surface area contributed by atoms with Gasteiger partial charge in [0, 0.05) is 2.85 Å². The molecule has 26 heavy (non-hydrogen) atoms. The molecule has 0 heterocycles. The van der Waals surface area contributed by atoms with Crippen LogP contribution in [0.25, 0.3) is 0 Å². The lowest BCUT2D eigenvalue weighted by Crippen LogP contribution is -2.24. The van der Waals surface area contributed by atoms with Gasteiger partial charge in [0.2, 0.25) is 0 Å². The van der Waals surface area contributed by atoms with Crippen molar-refractivity contribution in [1.82, 2.24) is 0 Å². The van der Waals surface area contributed by atoms with Gasteiger partial charge in [0.25, 0.3) is 0 Å². The van der Waals surface area contributed by atoms with Crippen molar-refractivity contribution >= 4 is 0 Å². The summed E-state index contributed by atoms with van der Waals surface area (Å²) in [7, 11) is 0. The molecule has 0 saturated heterocycles. The molecule has 2 fully saturated rings. The van der Waals surface area contributed by atoms with Crippen molar-refractivity contribution in [3.63, 3.8) is 0 Å². The van der Waals surface area contributed by atoms with Gasteiger partial charge in [0.05, 0.1) is 0 Å². The third kappa shape index (κ3) is 5.37. The molecule has 1 aromatic rings. The number of hydrogen-bond acceptors (Lipinski definition) is 1. The number of hydrogen-bond donors (Lipinski definition) is 0. The van der Waals surface area contributed by atoms with Crippen molar-refractivity contribution in [3.05, 3.63) is 29.6 Å². The first-order valence-electron chi connectivity index (χ1n) is 9.37. The SMILES string of the molecule is C.CC1CCC(C2CCC(c3ccc(OC(F)(F)F)c(F)c3)CC2)CC1.[HH].[HH]. The van der Waals surface area contributed by atoms with Crippen LogP contribution in [0, 0.1) is 23.6 Å². The molecule has 0 unspecified atom stereocenters. The average molecular weight is 378 g/mol. The summed E-state index contributed by atoms with van der Waals surface area (Å²) in [6.07, 6.45) is 4.73. The van der Waals surface area contributed by atoms with Crippen LogP contribution < -0.4 is 4.74 Å². The third-order valence-corrected chi connectivity index (χ3v) is 6.15. The fraction of sp³-hybridized carbons (Fsp3) is 0.714. The summed E-state index contributed by atoms with van der Waals surface area (Å²) in [5, 5.41) is 0. The minimum atomic E-state index is -4.86. The van der Waals surface area contributed by atoms with E-state index in [0.29, 0.717) is 0 Å². The normalized spacial score (nSPS) is 29.7. The van der Waals surface area contributed by atoms with E-state index >= 15 is 0 Å². The Balaban J connectivity index is 0.00000243. The molecular weight excluding hydrogens is 344 g/mol. The van der Waals surface area contributed by atoms with Crippen molar-refractivity contribution in [2.45, 2.75) is 78.0 Å². The van der Waals surface area contributed by atoms with Gasteiger partial charge in [-0.3, -0.25) is 0 Å². The standard InChI is InChI=1S/C20H26F4O.CH4.2H2/c1-13-2-4-14(5-3-13)15-6-8-16(9-7-15)17-10-11-19(18(21)12-17)25-20(22,23)24;;;/h10-16H,2-9H2,1H3;1H4;2*1H. The van der Waals surface area contributed by atoms with Crippen LogP contribution in [-0.4, -0.2) is 6.36 Å². The molecule has 0 N–H and O–H groups in total. The molecule has 5 heteroatoms. The maximum absolute atomic E-state index is 13.9. The number of halogens is 4. The average Bonchev–Trinajstić information content (AvgIpc) is 2.56. The maximum Gasteiger partial charge on any atom is 0.573 e.